The van der Waals surface area contributed by atoms with Gasteiger partial charge in [0.25, 0.3) is 0 Å². The predicted molar refractivity (Wildman–Crippen MR) is 79.4 cm³/mol. The van der Waals surface area contributed by atoms with Crippen molar-refractivity contribution in [2.24, 2.45) is 5.73 Å². The number of rotatable bonds is 7. The Morgan fingerprint density at radius 1 is 1.11 bits per heavy atom. The molecule has 0 aliphatic heterocycles. The summed E-state index contributed by atoms with van der Waals surface area (Å²) in [6, 6.07) is 12.0. The lowest BCUT2D eigenvalue weighted by Gasteiger charge is -2.09. The van der Waals surface area contributed by atoms with Gasteiger partial charge < -0.3 is 10.5 Å². The summed E-state index contributed by atoms with van der Waals surface area (Å²) in [6.45, 7) is 1.23. The number of benzene rings is 1. The number of hydrogen-bond acceptors (Lipinski definition) is 4. The summed E-state index contributed by atoms with van der Waals surface area (Å²) in [5.74, 6) is 1.94. The molecule has 1 aromatic heterocycles. The molecule has 19 heavy (non-hydrogen) atoms. The molecule has 3 nitrogen and oxygen atoms in total. The Morgan fingerprint density at radius 2 is 1.89 bits per heavy atom. The molecular weight excluding hydrogens is 256 g/mol. The minimum atomic E-state index is 0.516. The van der Waals surface area contributed by atoms with Crippen LogP contribution in [0.15, 0.2) is 53.7 Å². The van der Waals surface area contributed by atoms with Crippen LogP contribution in [0.4, 0.5) is 0 Å². The zero-order valence-corrected chi connectivity index (χ0v) is 11.6. The highest BCUT2D eigenvalue weighted by molar-refractivity contribution is 7.99. The van der Waals surface area contributed by atoms with E-state index in [4.69, 9.17) is 10.5 Å². The molecule has 100 valence electrons. The lowest BCUT2D eigenvalue weighted by Crippen LogP contribution is -2.04. The van der Waals surface area contributed by atoms with Crippen molar-refractivity contribution in [1.82, 2.24) is 4.98 Å². The Hall–Kier alpha value is -1.52. The predicted octanol–water partition coefficient (Wildman–Crippen LogP) is 3.10. The van der Waals surface area contributed by atoms with Gasteiger partial charge in [0.15, 0.2) is 0 Å². The zero-order valence-electron chi connectivity index (χ0n) is 10.8. The van der Waals surface area contributed by atoms with Gasteiger partial charge in [-0.3, -0.25) is 4.98 Å². The monoisotopic (exact) mass is 274 g/mol. The Kier molecular flexibility index (Phi) is 5.72. The summed E-state index contributed by atoms with van der Waals surface area (Å²) < 4.78 is 5.76. The van der Waals surface area contributed by atoms with Gasteiger partial charge in [-0.05, 0) is 24.6 Å². The molecule has 2 aromatic rings. The van der Waals surface area contributed by atoms with Crippen molar-refractivity contribution in [1.29, 1.82) is 0 Å². The van der Waals surface area contributed by atoms with E-state index < -0.39 is 0 Å². The van der Waals surface area contributed by atoms with Gasteiger partial charge in [0.2, 0.25) is 0 Å². The number of thioether (sulfide) groups is 1. The molecule has 0 saturated carbocycles. The van der Waals surface area contributed by atoms with Crippen LogP contribution < -0.4 is 10.5 Å². The highest BCUT2D eigenvalue weighted by Crippen LogP contribution is 2.19. The van der Waals surface area contributed by atoms with Gasteiger partial charge in [0.1, 0.15) is 5.75 Å². The highest BCUT2D eigenvalue weighted by Gasteiger charge is 2.00. The van der Waals surface area contributed by atoms with Crippen molar-refractivity contribution < 1.29 is 4.74 Å². The second-order valence-electron chi connectivity index (χ2n) is 4.05. The minimum Gasteiger partial charge on any atom is -0.493 e. The molecule has 0 spiro atoms. The van der Waals surface area contributed by atoms with E-state index in [1.165, 1.54) is 4.90 Å². The molecule has 0 aliphatic rings. The van der Waals surface area contributed by atoms with E-state index in [2.05, 4.69) is 4.98 Å². The standard InChI is InChI=1S/C15H18N2OS/c16-12-13-4-1-2-5-15(13)18-10-3-11-19-14-6-8-17-9-7-14/h1-2,4-9H,3,10-12,16H2. The normalized spacial score (nSPS) is 10.4. The zero-order chi connectivity index (χ0) is 13.3. The summed E-state index contributed by atoms with van der Waals surface area (Å²) in [5, 5.41) is 0. The van der Waals surface area contributed by atoms with E-state index in [0.29, 0.717) is 6.54 Å². The molecular formula is C15H18N2OS. The van der Waals surface area contributed by atoms with Crippen LogP contribution in [-0.4, -0.2) is 17.3 Å². The lowest BCUT2D eigenvalue weighted by atomic mass is 10.2. The van der Waals surface area contributed by atoms with E-state index >= 15 is 0 Å². The molecule has 0 aliphatic carbocycles. The third-order valence-electron chi connectivity index (χ3n) is 2.66. The van der Waals surface area contributed by atoms with Gasteiger partial charge in [0, 0.05) is 35.2 Å². The summed E-state index contributed by atoms with van der Waals surface area (Å²) >= 11 is 1.82. The third-order valence-corrected chi connectivity index (χ3v) is 3.76. The van der Waals surface area contributed by atoms with Gasteiger partial charge in [0.05, 0.1) is 6.61 Å². The molecule has 1 aromatic carbocycles. The smallest absolute Gasteiger partial charge is 0.123 e. The van der Waals surface area contributed by atoms with Crippen LogP contribution in [0.25, 0.3) is 0 Å². The topological polar surface area (TPSA) is 48.1 Å². The molecule has 0 atom stereocenters. The minimum absolute atomic E-state index is 0.516. The summed E-state index contributed by atoms with van der Waals surface area (Å²) in [7, 11) is 0. The van der Waals surface area contributed by atoms with Crippen LogP contribution in [0.5, 0.6) is 5.75 Å². The number of ether oxygens (including phenoxy) is 1. The van der Waals surface area contributed by atoms with Crippen LogP contribution >= 0.6 is 11.8 Å². The second kappa shape index (κ2) is 7.81. The molecule has 0 fully saturated rings. The van der Waals surface area contributed by atoms with Gasteiger partial charge in [-0.25, -0.2) is 0 Å². The van der Waals surface area contributed by atoms with Crippen molar-refractivity contribution in [2.75, 3.05) is 12.4 Å². The van der Waals surface area contributed by atoms with Crippen LogP contribution in [0.3, 0.4) is 0 Å². The number of nitrogens with two attached hydrogens (primary N) is 1. The molecule has 2 N–H and O–H groups in total. The van der Waals surface area contributed by atoms with Crippen molar-refractivity contribution in [3.63, 3.8) is 0 Å². The van der Waals surface area contributed by atoms with E-state index in [-0.39, 0.29) is 0 Å². The van der Waals surface area contributed by atoms with Crippen LogP contribution in [0.1, 0.15) is 12.0 Å². The largest absolute Gasteiger partial charge is 0.493 e. The number of aromatic nitrogens is 1. The first-order valence-corrected chi connectivity index (χ1v) is 7.32. The van der Waals surface area contributed by atoms with E-state index in [1.807, 2.05) is 60.6 Å². The fourth-order valence-corrected chi connectivity index (χ4v) is 2.49. The maximum absolute atomic E-state index is 5.76. The molecule has 0 amide bonds. The van der Waals surface area contributed by atoms with E-state index in [9.17, 15) is 0 Å². The summed E-state index contributed by atoms with van der Waals surface area (Å²) in [5.41, 5.74) is 6.73. The first-order valence-electron chi connectivity index (χ1n) is 6.34. The van der Waals surface area contributed by atoms with Crippen molar-refractivity contribution >= 4 is 11.8 Å². The van der Waals surface area contributed by atoms with Crippen molar-refractivity contribution in [3.8, 4) is 5.75 Å². The van der Waals surface area contributed by atoms with Crippen LogP contribution in [0.2, 0.25) is 0 Å². The molecule has 2 rings (SSSR count). The average molecular weight is 274 g/mol. The van der Waals surface area contributed by atoms with E-state index in [0.717, 1.165) is 30.1 Å². The Morgan fingerprint density at radius 3 is 2.68 bits per heavy atom. The first kappa shape index (κ1) is 13.9. The molecule has 0 bridgehead atoms. The number of para-hydroxylation sites is 1. The second-order valence-corrected chi connectivity index (χ2v) is 5.21. The fourth-order valence-electron chi connectivity index (χ4n) is 1.68. The Labute approximate surface area is 118 Å². The number of pyridine rings is 1. The Bertz CT molecular complexity index is 491. The summed E-state index contributed by atoms with van der Waals surface area (Å²) in [4.78, 5) is 5.25. The molecule has 0 saturated heterocycles. The molecule has 0 radical (unpaired) electrons. The maximum Gasteiger partial charge on any atom is 0.123 e. The first-order chi connectivity index (χ1) is 9.40. The van der Waals surface area contributed by atoms with Crippen LogP contribution in [0, 0.1) is 0 Å². The summed E-state index contributed by atoms with van der Waals surface area (Å²) in [6.07, 6.45) is 4.64. The molecule has 1 heterocycles. The van der Waals surface area contributed by atoms with Gasteiger partial charge in [-0.15, -0.1) is 11.8 Å². The van der Waals surface area contributed by atoms with Gasteiger partial charge >= 0.3 is 0 Å². The quantitative estimate of drug-likeness (QED) is 0.622. The maximum atomic E-state index is 5.76. The van der Waals surface area contributed by atoms with Crippen molar-refractivity contribution in [3.05, 3.63) is 54.4 Å². The van der Waals surface area contributed by atoms with Crippen molar-refractivity contribution in [2.45, 2.75) is 17.9 Å². The van der Waals surface area contributed by atoms with Gasteiger partial charge in [-0.2, -0.15) is 0 Å². The fraction of sp³-hybridized carbons (Fsp3) is 0.267. The SMILES string of the molecule is NCc1ccccc1OCCCSc1ccncc1. The number of nitrogens with zero attached hydrogens (tertiary/aromatic N) is 1. The number of hydrogen-bond donors (Lipinski definition) is 1. The van der Waals surface area contributed by atoms with Crippen LogP contribution in [-0.2, 0) is 6.54 Å². The molecule has 0 unspecified atom stereocenters. The third kappa shape index (κ3) is 4.58. The van der Waals surface area contributed by atoms with Gasteiger partial charge in [-0.1, -0.05) is 18.2 Å². The highest BCUT2D eigenvalue weighted by atomic mass is 32.2. The Balaban J connectivity index is 1.69. The van der Waals surface area contributed by atoms with E-state index in [1.54, 1.807) is 0 Å². The lowest BCUT2D eigenvalue weighted by molar-refractivity contribution is 0.315. The molecule has 4 heteroatoms. The average Bonchev–Trinajstić information content (AvgIpc) is 2.48.